The van der Waals surface area contributed by atoms with Crippen molar-refractivity contribution in [2.75, 3.05) is 11.1 Å². The van der Waals surface area contributed by atoms with Gasteiger partial charge in [0.1, 0.15) is 15.7 Å². The summed E-state index contributed by atoms with van der Waals surface area (Å²) in [6.45, 7) is 4.20. The van der Waals surface area contributed by atoms with E-state index in [1.165, 1.54) is 4.88 Å². The molecular formula is C13H15N5S2. The Hall–Kier alpha value is -1.73. The lowest BCUT2D eigenvalue weighted by atomic mass is 10.3. The van der Waals surface area contributed by atoms with Crippen LogP contribution in [0.4, 0.5) is 11.8 Å². The Labute approximate surface area is 124 Å². The van der Waals surface area contributed by atoms with Crippen LogP contribution in [0.25, 0.3) is 10.2 Å². The van der Waals surface area contributed by atoms with E-state index in [4.69, 9.17) is 5.73 Å². The van der Waals surface area contributed by atoms with E-state index in [2.05, 4.69) is 40.2 Å². The Morgan fingerprint density at radius 2 is 2.25 bits per heavy atom. The zero-order valence-corrected chi connectivity index (χ0v) is 12.9. The molecule has 3 aromatic rings. The van der Waals surface area contributed by atoms with Crippen LogP contribution in [0.3, 0.4) is 0 Å². The van der Waals surface area contributed by atoms with Crippen molar-refractivity contribution in [3.63, 3.8) is 0 Å². The van der Waals surface area contributed by atoms with Crippen LogP contribution in [0.1, 0.15) is 29.8 Å². The molecule has 3 heterocycles. The van der Waals surface area contributed by atoms with Gasteiger partial charge in [-0.1, -0.05) is 6.92 Å². The first-order valence-electron chi connectivity index (χ1n) is 6.39. The third-order valence-corrected chi connectivity index (χ3v) is 5.12. The van der Waals surface area contributed by atoms with Gasteiger partial charge < -0.3 is 11.1 Å². The number of nitrogens with two attached hydrogens (primary N) is 1. The van der Waals surface area contributed by atoms with Crippen LogP contribution in [0, 0.1) is 0 Å². The van der Waals surface area contributed by atoms with Crippen molar-refractivity contribution in [3.8, 4) is 0 Å². The Bertz CT molecular complexity index is 720. The van der Waals surface area contributed by atoms with Crippen LogP contribution in [0.15, 0.2) is 17.6 Å². The van der Waals surface area contributed by atoms with E-state index in [1.54, 1.807) is 22.7 Å². The van der Waals surface area contributed by atoms with Gasteiger partial charge in [0, 0.05) is 16.5 Å². The molecule has 0 saturated heterocycles. The lowest BCUT2D eigenvalue weighted by Gasteiger charge is -2.12. The number of aromatic nitrogens is 3. The Morgan fingerprint density at radius 3 is 2.95 bits per heavy atom. The molecule has 1 unspecified atom stereocenters. The molecule has 3 N–H and O–H groups in total. The first-order valence-corrected chi connectivity index (χ1v) is 8.09. The number of anilines is 2. The van der Waals surface area contributed by atoms with Gasteiger partial charge in [0.05, 0.1) is 11.4 Å². The molecule has 104 valence electrons. The fraction of sp³-hybridized carbons (Fsp3) is 0.308. The summed E-state index contributed by atoms with van der Waals surface area (Å²) in [5.74, 6) is 1.09. The van der Waals surface area contributed by atoms with Crippen LogP contribution >= 0.6 is 22.7 Å². The summed E-state index contributed by atoms with van der Waals surface area (Å²) in [6.07, 6.45) is 2.80. The van der Waals surface area contributed by atoms with Crippen molar-refractivity contribution in [2.24, 2.45) is 0 Å². The lowest BCUT2D eigenvalue weighted by Crippen LogP contribution is -2.09. The average molecular weight is 305 g/mol. The number of hydrogen-bond donors (Lipinski definition) is 2. The predicted octanol–water partition coefficient (Wildman–Crippen LogP) is 3.47. The number of thiazole rings is 1. The van der Waals surface area contributed by atoms with Gasteiger partial charge in [0.2, 0.25) is 5.95 Å². The smallest absolute Gasteiger partial charge is 0.223 e. The number of nitrogens with one attached hydrogen (secondary N) is 1. The van der Waals surface area contributed by atoms with Gasteiger partial charge >= 0.3 is 0 Å². The third-order valence-electron chi connectivity index (χ3n) is 2.98. The molecule has 20 heavy (non-hydrogen) atoms. The molecule has 1 atom stereocenters. The number of thiophene rings is 1. The number of hydrogen-bond acceptors (Lipinski definition) is 7. The van der Waals surface area contributed by atoms with Crippen LogP contribution < -0.4 is 11.1 Å². The second-order valence-electron chi connectivity index (χ2n) is 4.45. The first kappa shape index (κ1) is 13.3. The van der Waals surface area contributed by atoms with Crippen LogP contribution in [-0.2, 0) is 6.42 Å². The molecule has 0 amide bonds. The van der Waals surface area contributed by atoms with E-state index >= 15 is 0 Å². The van der Waals surface area contributed by atoms with E-state index in [0.717, 1.165) is 27.5 Å². The maximum Gasteiger partial charge on any atom is 0.223 e. The summed E-state index contributed by atoms with van der Waals surface area (Å²) < 4.78 is 0. The van der Waals surface area contributed by atoms with Gasteiger partial charge in [-0.25, -0.2) is 9.97 Å². The molecule has 0 fully saturated rings. The van der Waals surface area contributed by atoms with Gasteiger partial charge in [0.25, 0.3) is 0 Å². The van der Waals surface area contributed by atoms with Crippen LogP contribution in [0.5, 0.6) is 0 Å². The molecule has 0 bridgehead atoms. The number of aryl methyl sites for hydroxylation is 1. The van der Waals surface area contributed by atoms with Gasteiger partial charge in [-0.15, -0.1) is 22.7 Å². The molecule has 0 radical (unpaired) electrons. The molecular weight excluding hydrogens is 290 g/mol. The highest BCUT2D eigenvalue weighted by Gasteiger charge is 2.14. The number of rotatable bonds is 4. The average Bonchev–Trinajstić information content (AvgIpc) is 3.07. The third kappa shape index (κ3) is 2.46. The summed E-state index contributed by atoms with van der Waals surface area (Å²) in [4.78, 5) is 15.2. The van der Waals surface area contributed by atoms with E-state index in [-0.39, 0.29) is 6.04 Å². The van der Waals surface area contributed by atoms with E-state index in [9.17, 15) is 0 Å². The Morgan fingerprint density at radius 1 is 1.40 bits per heavy atom. The number of fused-ring (bicyclic) bond motifs is 1. The van der Waals surface area contributed by atoms with Crippen LogP contribution in [-0.4, -0.2) is 15.0 Å². The monoisotopic (exact) mass is 305 g/mol. The predicted molar refractivity (Wildman–Crippen MR) is 85.4 cm³/mol. The zero-order chi connectivity index (χ0) is 14.1. The summed E-state index contributed by atoms with van der Waals surface area (Å²) in [5, 5.41) is 7.42. The van der Waals surface area contributed by atoms with Crippen molar-refractivity contribution in [1.29, 1.82) is 0 Å². The Balaban J connectivity index is 1.99. The summed E-state index contributed by atoms with van der Waals surface area (Å²) >= 11 is 3.29. The molecule has 7 heteroatoms. The number of nitrogens with zero attached hydrogens (tertiary/aromatic N) is 3. The second kappa shape index (κ2) is 5.34. The molecule has 5 nitrogen and oxygen atoms in total. The molecule has 0 aliphatic rings. The largest absolute Gasteiger partial charge is 0.368 e. The molecule has 0 aliphatic carbocycles. The summed E-state index contributed by atoms with van der Waals surface area (Å²) in [5.41, 5.74) is 5.80. The van der Waals surface area contributed by atoms with Crippen molar-refractivity contribution >= 4 is 44.7 Å². The van der Waals surface area contributed by atoms with E-state index in [0.29, 0.717) is 5.95 Å². The second-order valence-corrected chi connectivity index (χ2v) is 6.49. The quantitative estimate of drug-likeness (QED) is 0.772. The van der Waals surface area contributed by atoms with Gasteiger partial charge in [-0.2, -0.15) is 4.98 Å². The first-order chi connectivity index (χ1) is 9.67. The SMILES string of the molecule is CCc1cc2c(NC(C)c3nccs3)nc(N)nc2s1. The molecule has 3 aromatic heterocycles. The minimum absolute atomic E-state index is 0.0949. The highest BCUT2D eigenvalue weighted by molar-refractivity contribution is 7.18. The fourth-order valence-electron chi connectivity index (χ4n) is 1.99. The standard InChI is InChI=1S/C13H15N5S2/c1-3-8-6-9-10(17-13(14)18-12(9)20-8)16-7(2)11-15-4-5-19-11/h4-7H,3H2,1-2H3,(H3,14,16,17,18). The minimum atomic E-state index is 0.0949. The molecule has 0 spiro atoms. The minimum Gasteiger partial charge on any atom is -0.368 e. The summed E-state index contributed by atoms with van der Waals surface area (Å²) in [6, 6.07) is 2.23. The van der Waals surface area contributed by atoms with Gasteiger partial charge in [-0.05, 0) is 19.4 Å². The summed E-state index contributed by atoms with van der Waals surface area (Å²) in [7, 11) is 0. The van der Waals surface area contributed by atoms with Crippen molar-refractivity contribution in [3.05, 3.63) is 27.5 Å². The Kier molecular flexibility index (Phi) is 3.54. The lowest BCUT2D eigenvalue weighted by molar-refractivity contribution is 0.863. The van der Waals surface area contributed by atoms with Crippen molar-refractivity contribution < 1.29 is 0 Å². The zero-order valence-electron chi connectivity index (χ0n) is 11.3. The van der Waals surface area contributed by atoms with E-state index in [1.807, 2.05) is 11.6 Å². The molecule has 0 aliphatic heterocycles. The molecule has 0 saturated carbocycles. The van der Waals surface area contributed by atoms with Gasteiger partial charge in [0.15, 0.2) is 0 Å². The van der Waals surface area contributed by atoms with Crippen LogP contribution in [0.2, 0.25) is 0 Å². The molecule has 3 rings (SSSR count). The molecule has 0 aromatic carbocycles. The van der Waals surface area contributed by atoms with E-state index < -0.39 is 0 Å². The topological polar surface area (TPSA) is 76.7 Å². The highest BCUT2D eigenvalue weighted by atomic mass is 32.1. The maximum atomic E-state index is 5.80. The highest BCUT2D eigenvalue weighted by Crippen LogP contribution is 2.31. The van der Waals surface area contributed by atoms with Crippen molar-refractivity contribution in [2.45, 2.75) is 26.3 Å². The normalized spacial score (nSPS) is 12.7. The maximum absolute atomic E-state index is 5.80. The van der Waals surface area contributed by atoms with Gasteiger partial charge in [-0.3, -0.25) is 0 Å². The van der Waals surface area contributed by atoms with Crippen molar-refractivity contribution in [1.82, 2.24) is 15.0 Å². The fourth-order valence-corrected chi connectivity index (χ4v) is 3.61. The number of nitrogen functional groups attached to an aromatic ring is 1.